The number of aryl methyl sites for hydroxylation is 1. The molecule has 1 spiro atoms. The molecule has 0 bridgehead atoms. The number of aromatic nitrogens is 3. The third-order valence-electron chi connectivity index (χ3n) is 6.08. The number of nitrogens with zero attached hydrogens (tertiary/aromatic N) is 5. The molecule has 29 heavy (non-hydrogen) atoms. The van der Waals surface area contributed by atoms with Crippen molar-refractivity contribution in [3.05, 3.63) is 48.5 Å². The Kier molecular flexibility index (Phi) is 3.91. The first-order chi connectivity index (χ1) is 14.1. The maximum atomic E-state index is 12.9. The smallest absolute Gasteiger partial charge is 0.292 e. The highest BCUT2D eigenvalue weighted by molar-refractivity contribution is 5.93. The Hall–Kier alpha value is -3.60. The van der Waals surface area contributed by atoms with E-state index in [1.807, 2.05) is 54.8 Å². The number of nitrogens with one attached hydrogen (secondary N) is 1. The molecule has 1 aromatic carbocycles. The minimum atomic E-state index is -0.127. The Morgan fingerprint density at radius 3 is 2.66 bits per heavy atom. The first kappa shape index (κ1) is 17.5. The van der Waals surface area contributed by atoms with Crippen molar-refractivity contribution >= 4 is 5.91 Å². The fraction of sp³-hybridized carbons (Fsp3) is 0.333. The van der Waals surface area contributed by atoms with Gasteiger partial charge in [0, 0.05) is 48.6 Å². The summed E-state index contributed by atoms with van der Waals surface area (Å²) >= 11 is 0. The molecule has 1 aliphatic carbocycles. The van der Waals surface area contributed by atoms with Crippen LogP contribution in [0.3, 0.4) is 0 Å². The van der Waals surface area contributed by atoms with Gasteiger partial charge in [-0.25, -0.2) is 0 Å². The second-order valence-corrected chi connectivity index (χ2v) is 7.85. The van der Waals surface area contributed by atoms with Crippen LogP contribution in [0.4, 0.5) is 0 Å². The quantitative estimate of drug-likeness (QED) is 0.545. The van der Waals surface area contributed by atoms with Crippen molar-refractivity contribution in [3.8, 4) is 28.6 Å². The number of carbonyl (C=O) groups is 1. The summed E-state index contributed by atoms with van der Waals surface area (Å²) in [5.74, 6) is 0.129. The molecular formula is C21H20N6O2. The lowest BCUT2D eigenvalue weighted by atomic mass is 9.64. The molecule has 2 aliphatic rings. The second-order valence-electron chi connectivity index (χ2n) is 7.85. The number of likely N-dealkylation sites (tertiary alicyclic amines) is 1. The van der Waals surface area contributed by atoms with E-state index < -0.39 is 0 Å². The molecule has 0 unspecified atom stereocenters. The van der Waals surface area contributed by atoms with Crippen molar-refractivity contribution < 1.29 is 9.32 Å². The van der Waals surface area contributed by atoms with Crippen molar-refractivity contribution in [1.29, 1.82) is 5.26 Å². The molecule has 1 amide bonds. The topological polar surface area (TPSA) is 100.0 Å². The highest BCUT2D eigenvalue weighted by Crippen LogP contribution is 2.47. The molecule has 5 rings (SSSR count). The summed E-state index contributed by atoms with van der Waals surface area (Å²) in [7, 11) is 1.89. The summed E-state index contributed by atoms with van der Waals surface area (Å²) in [6.45, 7) is 0.716. The third kappa shape index (κ3) is 2.86. The molecule has 1 N–H and O–H groups in total. The lowest BCUT2D eigenvalue weighted by Gasteiger charge is -2.60. The van der Waals surface area contributed by atoms with Gasteiger partial charge in [-0.2, -0.15) is 10.4 Å². The Balaban J connectivity index is 1.30. The predicted octanol–water partition coefficient (Wildman–Crippen LogP) is 2.56. The molecule has 0 atom stereocenters. The zero-order valence-electron chi connectivity index (χ0n) is 16.0. The fourth-order valence-corrected chi connectivity index (χ4v) is 4.38. The van der Waals surface area contributed by atoms with Crippen LogP contribution in [-0.2, 0) is 7.05 Å². The molecule has 1 aliphatic heterocycles. The summed E-state index contributed by atoms with van der Waals surface area (Å²) < 4.78 is 7.14. The predicted molar refractivity (Wildman–Crippen MR) is 104 cm³/mol. The van der Waals surface area contributed by atoms with Crippen LogP contribution in [0.1, 0.15) is 29.8 Å². The maximum absolute atomic E-state index is 12.9. The average Bonchev–Trinajstić information content (AvgIpc) is 3.33. The van der Waals surface area contributed by atoms with Crippen molar-refractivity contribution in [2.24, 2.45) is 7.05 Å². The van der Waals surface area contributed by atoms with Gasteiger partial charge in [0.25, 0.3) is 5.91 Å². The number of carbonyl (C=O) groups excluding carboxylic acids is 1. The highest BCUT2D eigenvalue weighted by Gasteiger charge is 2.56. The van der Waals surface area contributed by atoms with Gasteiger partial charge >= 0.3 is 0 Å². The number of benzene rings is 1. The SMILES string of the molecule is Cn1cc(-c2ccc(-c3cc(C(=O)N4CCC45CC(NC#N)C5)on3)cc2)cn1. The van der Waals surface area contributed by atoms with Crippen molar-refractivity contribution in [3.63, 3.8) is 0 Å². The Labute approximate surface area is 167 Å². The second kappa shape index (κ2) is 6.48. The zero-order chi connectivity index (χ0) is 20.0. The van der Waals surface area contributed by atoms with E-state index in [1.165, 1.54) is 0 Å². The van der Waals surface area contributed by atoms with E-state index in [1.54, 1.807) is 10.7 Å². The average molecular weight is 388 g/mol. The zero-order valence-corrected chi connectivity index (χ0v) is 16.0. The van der Waals surface area contributed by atoms with Gasteiger partial charge in [0.05, 0.1) is 6.20 Å². The van der Waals surface area contributed by atoms with Gasteiger partial charge in [-0.05, 0) is 24.8 Å². The van der Waals surface area contributed by atoms with Crippen LogP contribution in [0.2, 0.25) is 0 Å². The van der Waals surface area contributed by atoms with Crippen LogP contribution in [0.25, 0.3) is 22.4 Å². The molecule has 0 radical (unpaired) electrons. The van der Waals surface area contributed by atoms with Gasteiger partial charge in [-0.3, -0.25) is 9.48 Å². The van der Waals surface area contributed by atoms with Crippen LogP contribution < -0.4 is 5.32 Å². The molecule has 2 fully saturated rings. The summed E-state index contributed by atoms with van der Waals surface area (Å²) in [5.41, 5.74) is 3.51. The summed E-state index contributed by atoms with van der Waals surface area (Å²) in [5, 5.41) is 19.8. The van der Waals surface area contributed by atoms with Crippen LogP contribution in [0.5, 0.6) is 0 Å². The van der Waals surface area contributed by atoms with E-state index in [-0.39, 0.29) is 23.2 Å². The minimum absolute atomic E-state index is 0.121. The third-order valence-corrected chi connectivity index (χ3v) is 6.08. The van der Waals surface area contributed by atoms with Gasteiger partial charge in [0.2, 0.25) is 5.76 Å². The number of hydrogen-bond donors (Lipinski definition) is 1. The molecule has 8 heteroatoms. The standard InChI is InChI=1S/C21H20N6O2/c1-26-12-16(11-24-26)14-2-4-15(5-3-14)18-8-19(29-25-18)20(28)27-7-6-21(27)9-17(10-21)23-13-22/h2-5,8,11-12,17,23H,6-7,9-10H2,1H3. The largest absolute Gasteiger partial charge is 0.350 e. The Morgan fingerprint density at radius 2 is 2.03 bits per heavy atom. The lowest BCUT2D eigenvalue weighted by Crippen LogP contribution is -2.71. The Bertz CT molecular complexity index is 1100. The number of hydrogen-bond acceptors (Lipinski definition) is 6. The highest BCUT2D eigenvalue weighted by atomic mass is 16.5. The number of rotatable bonds is 4. The molecule has 3 aromatic rings. The lowest BCUT2D eigenvalue weighted by molar-refractivity contribution is -0.0643. The van der Waals surface area contributed by atoms with Crippen molar-refractivity contribution in [2.45, 2.75) is 30.8 Å². The van der Waals surface area contributed by atoms with E-state index in [4.69, 9.17) is 9.78 Å². The van der Waals surface area contributed by atoms with E-state index in [0.717, 1.165) is 36.0 Å². The van der Waals surface area contributed by atoms with Gasteiger partial charge in [-0.15, -0.1) is 0 Å². The summed E-state index contributed by atoms with van der Waals surface area (Å²) in [6, 6.07) is 9.80. The molecule has 146 valence electrons. The van der Waals surface area contributed by atoms with Gasteiger partial charge < -0.3 is 14.7 Å². The van der Waals surface area contributed by atoms with E-state index >= 15 is 0 Å². The first-order valence-corrected chi connectivity index (χ1v) is 9.61. The number of amides is 1. The summed E-state index contributed by atoms with van der Waals surface area (Å²) in [6.07, 6.45) is 8.35. The maximum Gasteiger partial charge on any atom is 0.292 e. The van der Waals surface area contributed by atoms with Gasteiger partial charge in [0.1, 0.15) is 5.69 Å². The van der Waals surface area contributed by atoms with E-state index in [2.05, 4.69) is 15.6 Å². The van der Waals surface area contributed by atoms with Crippen molar-refractivity contribution in [2.75, 3.05) is 6.54 Å². The van der Waals surface area contributed by atoms with Gasteiger partial charge in [0.15, 0.2) is 6.19 Å². The minimum Gasteiger partial charge on any atom is -0.350 e. The molecule has 2 aromatic heterocycles. The van der Waals surface area contributed by atoms with E-state index in [9.17, 15) is 4.79 Å². The molecule has 1 saturated heterocycles. The molecule has 1 saturated carbocycles. The monoisotopic (exact) mass is 388 g/mol. The molecule has 3 heterocycles. The van der Waals surface area contributed by atoms with Crippen LogP contribution in [0, 0.1) is 11.5 Å². The first-order valence-electron chi connectivity index (χ1n) is 9.61. The van der Waals surface area contributed by atoms with Crippen molar-refractivity contribution in [1.82, 2.24) is 25.2 Å². The van der Waals surface area contributed by atoms with Crippen LogP contribution in [-0.4, -0.2) is 43.9 Å². The summed E-state index contributed by atoms with van der Waals surface area (Å²) in [4.78, 5) is 14.7. The fourth-order valence-electron chi connectivity index (χ4n) is 4.38. The molecule has 8 nitrogen and oxygen atoms in total. The van der Waals surface area contributed by atoms with Crippen LogP contribution >= 0.6 is 0 Å². The van der Waals surface area contributed by atoms with E-state index in [0.29, 0.717) is 12.2 Å². The molecular weight excluding hydrogens is 368 g/mol. The van der Waals surface area contributed by atoms with Crippen LogP contribution in [0.15, 0.2) is 47.2 Å². The Morgan fingerprint density at radius 1 is 1.28 bits per heavy atom. The number of nitriles is 1. The normalized spacial score (nSPS) is 22.6. The van der Waals surface area contributed by atoms with Gasteiger partial charge in [-0.1, -0.05) is 29.4 Å².